The fourth-order valence-electron chi connectivity index (χ4n) is 2.89. The number of hydrogen-bond donors (Lipinski definition) is 1. The third-order valence-corrected chi connectivity index (χ3v) is 4.60. The summed E-state index contributed by atoms with van der Waals surface area (Å²) in [5.41, 5.74) is 5.71. The number of nitrogens with one attached hydrogen (secondary N) is 1. The van der Waals surface area contributed by atoms with E-state index in [9.17, 15) is 14.9 Å². The second-order valence-corrected chi connectivity index (χ2v) is 6.71. The van der Waals surface area contributed by atoms with Gasteiger partial charge in [0.05, 0.1) is 16.7 Å². The number of amides is 1. The second kappa shape index (κ2) is 9.04. The van der Waals surface area contributed by atoms with Crippen molar-refractivity contribution in [3.63, 3.8) is 0 Å². The summed E-state index contributed by atoms with van der Waals surface area (Å²) in [5, 5.41) is 15.0. The molecule has 0 atom stereocenters. The van der Waals surface area contributed by atoms with E-state index in [1.165, 1.54) is 12.3 Å². The molecule has 154 valence electrons. The highest BCUT2D eigenvalue weighted by Gasteiger charge is 2.16. The summed E-state index contributed by atoms with van der Waals surface area (Å²) in [7, 11) is 0. The van der Waals surface area contributed by atoms with E-state index in [0.717, 1.165) is 16.7 Å². The van der Waals surface area contributed by atoms with Gasteiger partial charge in [-0.3, -0.25) is 14.9 Å². The maximum atomic E-state index is 12.0. The van der Waals surface area contributed by atoms with Crippen LogP contribution in [0, 0.1) is 30.9 Å². The van der Waals surface area contributed by atoms with Gasteiger partial charge in [0.1, 0.15) is 17.3 Å². The van der Waals surface area contributed by atoms with Crippen molar-refractivity contribution in [1.29, 1.82) is 0 Å². The molecule has 8 heteroatoms. The van der Waals surface area contributed by atoms with Crippen LogP contribution in [0.3, 0.4) is 0 Å². The average molecular weight is 407 g/mol. The Bertz CT molecular complexity index is 1120. The zero-order chi connectivity index (χ0) is 21.7. The molecular weight excluding hydrogens is 386 g/mol. The molecule has 0 aliphatic rings. The predicted molar refractivity (Wildman–Crippen MR) is 113 cm³/mol. The van der Waals surface area contributed by atoms with Crippen LogP contribution in [0.25, 0.3) is 11.3 Å². The fourth-order valence-corrected chi connectivity index (χ4v) is 2.89. The van der Waals surface area contributed by atoms with Crippen molar-refractivity contribution in [2.45, 2.75) is 20.8 Å². The summed E-state index contributed by atoms with van der Waals surface area (Å²) in [5.74, 6) is 0.949. The molecule has 2 aromatic carbocycles. The van der Waals surface area contributed by atoms with Crippen molar-refractivity contribution >= 4 is 17.8 Å². The van der Waals surface area contributed by atoms with E-state index in [2.05, 4.69) is 10.5 Å². The van der Waals surface area contributed by atoms with Crippen molar-refractivity contribution < 1.29 is 18.9 Å². The highest BCUT2D eigenvalue weighted by molar-refractivity contribution is 5.82. The summed E-state index contributed by atoms with van der Waals surface area (Å²) < 4.78 is 11.2. The van der Waals surface area contributed by atoms with E-state index in [1.807, 2.05) is 32.9 Å². The molecule has 30 heavy (non-hydrogen) atoms. The maximum absolute atomic E-state index is 12.0. The quantitative estimate of drug-likeness (QED) is 0.357. The summed E-state index contributed by atoms with van der Waals surface area (Å²) in [6.07, 6.45) is 1.32. The molecule has 0 radical (unpaired) electrons. The first-order chi connectivity index (χ1) is 14.4. The monoisotopic (exact) mass is 407 g/mol. The molecule has 0 saturated carbocycles. The van der Waals surface area contributed by atoms with Gasteiger partial charge < -0.3 is 9.15 Å². The summed E-state index contributed by atoms with van der Waals surface area (Å²) in [6.45, 7) is 5.67. The minimum Gasteiger partial charge on any atom is -0.483 e. The largest absolute Gasteiger partial charge is 0.483 e. The Morgan fingerprint density at radius 1 is 1.13 bits per heavy atom. The van der Waals surface area contributed by atoms with Gasteiger partial charge in [0.2, 0.25) is 0 Å². The van der Waals surface area contributed by atoms with E-state index in [4.69, 9.17) is 9.15 Å². The summed E-state index contributed by atoms with van der Waals surface area (Å²) in [4.78, 5) is 22.7. The van der Waals surface area contributed by atoms with E-state index in [1.54, 1.807) is 30.3 Å². The molecule has 1 amide bonds. The maximum Gasteiger partial charge on any atom is 0.280 e. The number of nitro benzene ring substituents is 1. The number of furan rings is 1. The number of carbonyl (C=O) groups excluding carboxylic acids is 1. The molecular formula is C22H21N3O5. The van der Waals surface area contributed by atoms with Crippen LogP contribution in [0.1, 0.15) is 22.5 Å². The highest BCUT2D eigenvalue weighted by atomic mass is 16.6. The topological polar surface area (TPSA) is 107 Å². The number of nitrogens with zero attached hydrogens (tertiary/aromatic N) is 2. The van der Waals surface area contributed by atoms with Crippen LogP contribution in [0.2, 0.25) is 0 Å². The number of nitro groups is 1. The normalized spacial score (nSPS) is 10.9. The summed E-state index contributed by atoms with van der Waals surface area (Å²) >= 11 is 0. The van der Waals surface area contributed by atoms with Crippen molar-refractivity contribution in [2.75, 3.05) is 6.61 Å². The van der Waals surface area contributed by atoms with E-state index in [-0.39, 0.29) is 12.3 Å². The van der Waals surface area contributed by atoms with E-state index in [0.29, 0.717) is 22.8 Å². The Balaban J connectivity index is 1.60. The van der Waals surface area contributed by atoms with Crippen LogP contribution >= 0.6 is 0 Å². The van der Waals surface area contributed by atoms with Gasteiger partial charge in [0.25, 0.3) is 11.6 Å². The lowest BCUT2D eigenvalue weighted by Gasteiger charge is -2.13. The van der Waals surface area contributed by atoms with Crippen molar-refractivity contribution in [1.82, 2.24) is 5.43 Å². The smallest absolute Gasteiger partial charge is 0.280 e. The molecule has 0 aliphatic heterocycles. The first kappa shape index (κ1) is 20.8. The SMILES string of the molecule is Cc1ccc(C)c(OCC(=O)NN=Cc2ccc(-c3ccccc3[N+](=O)[O-])o2)c1C. The van der Waals surface area contributed by atoms with Gasteiger partial charge in [0, 0.05) is 6.07 Å². The number of rotatable bonds is 7. The van der Waals surface area contributed by atoms with Gasteiger partial charge in [0.15, 0.2) is 6.61 Å². The second-order valence-electron chi connectivity index (χ2n) is 6.71. The number of carbonyl (C=O) groups is 1. The molecule has 0 bridgehead atoms. The standard InChI is InChI=1S/C22H21N3O5/c1-14-8-9-15(2)22(16(14)3)29-13-21(26)24-23-12-17-10-11-20(30-17)18-6-4-5-7-19(18)25(27)28/h4-12H,13H2,1-3H3,(H,24,26). The van der Waals surface area contributed by atoms with Crippen molar-refractivity contribution in [3.05, 3.63) is 81.1 Å². The van der Waals surface area contributed by atoms with Crippen LogP contribution in [-0.2, 0) is 4.79 Å². The lowest BCUT2D eigenvalue weighted by atomic mass is 10.1. The van der Waals surface area contributed by atoms with E-state index < -0.39 is 10.8 Å². The molecule has 3 rings (SSSR count). The molecule has 0 saturated heterocycles. The number of hydrazone groups is 1. The van der Waals surface area contributed by atoms with Crippen molar-refractivity contribution in [3.8, 4) is 17.1 Å². The van der Waals surface area contributed by atoms with Crippen LogP contribution < -0.4 is 10.2 Å². The molecule has 0 unspecified atom stereocenters. The van der Waals surface area contributed by atoms with Crippen LogP contribution in [0.5, 0.6) is 5.75 Å². The highest BCUT2D eigenvalue weighted by Crippen LogP contribution is 2.30. The lowest BCUT2D eigenvalue weighted by Crippen LogP contribution is -2.25. The number of hydrogen-bond acceptors (Lipinski definition) is 6. The Kier molecular flexibility index (Phi) is 6.26. The molecule has 0 aliphatic carbocycles. The number of para-hydroxylation sites is 1. The number of ether oxygens (including phenoxy) is 1. The minimum absolute atomic E-state index is 0.0532. The molecule has 0 spiro atoms. The van der Waals surface area contributed by atoms with Crippen LogP contribution in [0.15, 0.2) is 58.0 Å². The molecule has 3 aromatic rings. The average Bonchev–Trinajstić information content (AvgIpc) is 3.19. The Labute approximate surface area is 173 Å². The third kappa shape index (κ3) is 4.72. The Hall–Kier alpha value is -3.94. The fraction of sp³-hybridized carbons (Fsp3) is 0.182. The van der Waals surface area contributed by atoms with Gasteiger partial charge in [-0.15, -0.1) is 0 Å². The lowest BCUT2D eigenvalue weighted by molar-refractivity contribution is -0.384. The number of benzene rings is 2. The zero-order valence-corrected chi connectivity index (χ0v) is 16.8. The summed E-state index contributed by atoms with van der Waals surface area (Å²) in [6, 6.07) is 13.5. The van der Waals surface area contributed by atoms with Gasteiger partial charge in [-0.05, 0) is 55.7 Å². The number of aryl methyl sites for hydroxylation is 2. The van der Waals surface area contributed by atoms with Crippen LogP contribution in [-0.4, -0.2) is 23.7 Å². The van der Waals surface area contributed by atoms with Crippen molar-refractivity contribution in [2.24, 2.45) is 5.10 Å². The molecule has 0 fully saturated rings. The Morgan fingerprint density at radius 2 is 1.87 bits per heavy atom. The van der Waals surface area contributed by atoms with Gasteiger partial charge >= 0.3 is 0 Å². The molecule has 1 aromatic heterocycles. The van der Waals surface area contributed by atoms with E-state index >= 15 is 0 Å². The van der Waals surface area contributed by atoms with Gasteiger partial charge in [-0.2, -0.15) is 5.10 Å². The predicted octanol–water partition coefficient (Wildman–Crippen LogP) is 4.31. The molecule has 8 nitrogen and oxygen atoms in total. The Morgan fingerprint density at radius 3 is 2.63 bits per heavy atom. The zero-order valence-electron chi connectivity index (χ0n) is 16.8. The van der Waals surface area contributed by atoms with Gasteiger partial charge in [-0.25, -0.2) is 5.43 Å². The first-order valence-corrected chi connectivity index (χ1v) is 9.22. The first-order valence-electron chi connectivity index (χ1n) is 9.22. The molecule has 1 N–H and O–H groups in total. The van der Waals surface area contributed by atoms with Crippen LogP contribution in [0.4, 0.5) is 5.69 Å². The minimum atomic E-state index is -0.469. The van der Waals surface area contributed by atoms with Gasteiger partial charge in [-0.1, -0.05) is 24.3 Å². The third-order valence-electron chi connectivity index (χ3n) is 4.60. The molecule has 1 heterocycles.